The van der Waals surface area contributed by atoms with Gasteiger partial charge in [-0.05, 0) is 24.8 Å². The Kier molecular flexibility index (Phi) is 5.71. The van der Waals surface area contributed by atoms with Crippen molar-refractivity contribution in [3.63, 3.8) is 0 Å². The first kappa shape index (κ1) is 16.4. The Hall–Kier alpha value is -1.00. The van der Waals surface area contributed by atoms with E-state index in [4.69, 9.17) is 0 Å². The van der Waals surface area contributed by atoms with Crippen LogP contribution in [-0.4, -0.2) is 42.5 Å². The van der Waals surface area contributed by atoms with Crippen LogP contribution in [0.25, 0.3) is 0 Å². The number of piperazine rings is 1. The Labute approximate surface area is 126 Å². The van der Waals surface area contributed by atoms with Gasteiger partial charge in [0.15, 0.2) is 0 Å². The van der Waals surface area contributed by atoms with Crippen molar-refractivity contribution < 1.29 is 8.78 Å². The van der Waals surface area contributed by atoms with Crippen molar-refractivity contribution in [1.82, 2.24) is 10.2 Å². The van der Waals surface area contributed by atoms with Gasteiger partial charge >= 0.3 is 0 Å². The van der Waals surface area contributed by atoms with E-state index in [2.05, 4.69) is 31.3 Å². The minimum absolute atomic E-state index is 0.116. The van der Waals surface area contributed by atoms with Crippen molar-refractivity contribution in [3.05, 3.63) is 35.9 Å². The second-order valence-corrected chi connectivity index (χ2v) is 6.00. The number of benzene rings is 1. The smallest absolute Gasteiger partial charge is 0.251 e. The molecule has 0 saturated carbocycles. The average molecular weight is 296 g/mol. The van der Waals surface area contributed by atoms with E-state index in [0.717, 1.165) is 25.8 Å². The zero-order valence-corrected chi connectivity index (χ0v) is 13.0. The summed E-state index contributed by atoms with van der Waals surface area (Å²) in [4.78, 5) is 2.02. The van der Waals surface area contributed by atoms with Crippen LogP contribution in [0, 0.1) is 0 Å². The normalized spacial score (nSPS) is 22.6. The highest BCUT2D eigenvalue weighted by Gasteiger charge is 2.39. The van der Waals surface area contributed by atoms with E-state index in [1.165, 1.54) is 5.56 Å². The fraction of sp³-hybridized carbons (Fsp3) is 0.647. The SMILES string of the molecule is CCC1(CC)CNC(Cc2ccccc2)CN1CC(F)F. The van der Waals surface area contributed by atoms with Crippen LogP contribution in [0.2, 0.25) is 0 Å². The van der Waals surface area contributed by atoms with Gasteiger partial charge in [0.1, 0.15) is 0 Å². The molecule has 1 aromatic rings. The molecule has 21 heavy (non-hydrogen) atoms. The minimum Gasteiger partial charge on any atom is -0.311 e. The number of halogens is 2. The minimum atomic E-state index is -2.27. The molecule has 1 heterocycles. The second-order valence-electron chi connectivity index (χ2n) is 6.00. The number of hydrogen-bond acceptors (Lipinski definition) is 2. The van der Waals surface area contributed by atoms with Gasteiger partial charge in [0, 0.05) is 24.7 Å². The predicted octanol–water partition coefficient (Wildman–Crippen LogP) is 3.33. The lowest BCUT2D eigenvalue weighted by atomic mass is 9.86. The molecule has 1 atom stereocenters. The van der Waals surface area contributed by atoms with Crippen LogP contribution in [0.1, 0.15) is 32.3 Å². The summed E-state index contributed by atoms with van der Waals surface area (Å²) < 4.78 is 25.9. The monoisotopic (exact) mass is 296 g/mol. The van der Waals surface area contributed by atoms with E-state index in [1.54, 1.807) is 0 Å². The maximum atomic E-state index is 12.9. The van der Waals surface area contributed by atoms with E-state index in [-0.39, 0.29) is 18.1 Å². The summed E-state index contributed by atoms with van der Waals surface area (Å²) in [5.74, 6) is 0. The van der Waals surface area contributed by atoms with E-state index >= 15 is 0 Å². The number of nitrogens with zero attached hydrogens (tertiary/aromatic N) is 1. The molecule has 1 aliphatic heterocycles. The Morgan fingerprint density at radius 2 is 1.90 bits per heavy atom. The third-order valence-corrected chi connectivity index (χ3v) is 4.83. The van der Waals surface area contributed by atoms with Gasteiger partial charge < -0.3 is 5.32 Å². The summed E-state index contributed by atoms with van der Waals surface area (Å²) >= 11 is 0. The van der Waals surface area contributed by atoms with Crippen LogP contribution in [0.15, 0.2) is 30.3 Å². The first-order valence-electron chi connectivity index (χ1n) is 7.90. The molecule has 118 valence electrons. The first-order chi connectivity index (χ1) is 10.1. The molecular formula is C17H26F2N2. The van der Waals surface area contributed by atoms with Gasteiger partial charge in [-0.1, -0.05) is 44.2 Å². The zero-order valence-electron chi connectivity index (χ0n) is 13.0. The molecule has 1 fully saturated rings. The Morgan fingerprint density at radius 3 is 2.48 bits per heavy atom. The molecule has 2 rings (SSSR count). The lowest BCUT2D eigenvalue weighted by Gasteiger charge is -2.49. The second kappa shape index (κ2) is 7.32. The topological polar surface area (TPSA) is 15.3 Å². The molecule has 0 radical (unpaired) electrons. The van der Waals surface area contributed by atoms with Crippen molar-refractivity contribution in [1.29, 1.82) is 0 Å². The predicted molar refractivity (Wildman–Crippen MR) is 82.8 cm³/mol. The van der Waals surface area contributed by atoms with Crippen molar-refractivity contribution >= 4 is 0 Å². The molecule has 1 unspecified atom stereocenters. The summed E-state index contributed by atoms with van der Waals surface area (Å²) in [5, 5.41) is 3.58. The molecule has 1 aliphatic rings. The van der Waals surface area contributed by atoms with Gasteiger partial charge in [-0.2, -0.15) is 0 Å². The van der Waals surface area contributed by atoms with Gasteiger partial charge in [-0.3, -0.25) is 4.90 Å². The molecule has 1 N–H and O–H groups in total. The standard InChI is InChI=1S/C17H26F2N2/c1-3-17(4-2)13-20-15(11-21(17)12-16(18)19)10-14-8-6-5-7-9-14/h5-9,15-16,20H,3-4,10-13H2,1-2H3. The van der Waals surface area contributed by atoms with E-state index in [0.29, 0.717) is 6.54 Å². The molecule has 4 heteroatoms. The largest absolute Gasteiger partial charge is 0.311 e. The number of hydrogen-bond donors (Lipinski definition) is 1. The Morgan fingerprint density at radius 1 is 1.24 bits per heavy atom. The van der Waals surface area contributed by atoms with E-state index in [1.807, 2.05) is 23.1 Å². The van der Waals surface area contributed by atoms with Gasteiger partial charge in [-0.25, -0.2) is 8.78 Å². The zero-order chi connectivity index (χ0) is 15.3. The maximum absolute atomic E-state index is 12.9. The van der Waals surface area contributed by atoms with Crippen molar-refractivity contribution in [3.8, 4) is 0 Å². The molecule has 0 amide bonds. The fourth-order valence-electron chi connectivity index (χ4n) is 3.39. The highest BCUT2D eigenvalue weighted by Crippen LogP contribution is 2.28. The summed E-state index contributed by atoms with van der Waals surface area (Å²) in [6.07, 6.45) is 0.435. The van der Waals surface area contributed by atoms with Crippen molar-refractivity contribution in [2.24, 2.45) is 0 Å². The van der Waals surface area contributed by atoms with Crippen LogP contribution >= 0.6 is 0 Å². The Bertz CT molecular complexity index is 418. The number of rotatable bonds is 6. The van der Waals surface area contributed by atoms with Gasteiger partial charge in [0.25, 0.3) is 6.43 Å². The van der Waals surface area contributed by atoms with E-state index < -0.39 is 6.43 Å². The summed E-state index contributed by atoms with van der Waals surface area (Å²) in [5.41, 5.74) is 1.14. The van der Waals surface area contributed by atoms with Gasteiger partial charge in [0.05, 0.1) is 6.54 Å². The lowest BCUT2D eigenvalue weighted by molar-refractivity contribution is -0.0146. The lowest BCUT2D eigenvalue weighted by Crippen LogP contribution is -2.65. The van der Waals surface area contributed by atoms with Crippen LogP contribution in [0.4, 0.5) is 8.78 Å². The fourth-order valence-corrected chi connectivity index (χ4v) is 3.39. The molecule has 0 aliphatic carbocycles. The van der Waals surface area contributed by atoms with Crippen LogP contribution in [0.5, 0.6) is 0 Å². The highest BCUT2D eigenvalue weighted by molar-refractivity contribution is 5.16. The molecule has 0 aromatic heterocycles. The van der Waals surface area contributed by atoms with Crippen molar-refractivity contribution in [2.45, 2.75) is 51.1 Å². The van der Waals surface area contributed by atoms with Crippen molar-refractivity contribution in [2.75, 3.05) is 19.6 Å². The summed E-state index contributed by atoms with van der Waals surface area (Å²) in [7, 11) is 0. The van der Waals surface area contributed by atoms with Gasteiger partial charge in [-0.15, -0.1) is 0 Å². The molecular weight excluding hydrogens is 270 g/mol. The summed E-state index contributed by atoms with van der Waals surface area (Å²) in [6.45, 7) is 5.57. The quantitative estimate of drug-likeness (QED) is 0.866. The molecule has 0 spiro atoms. The molecule has 1 saturated heterocycles. The highest BCUT2D eigenvalue weighted by atomic mass is 19.3. The average Bonchev–Trinajstić information content (AvgIpc) is 2.49. The third kappa shape index (κ3) is 4.01. The van der Waals surface area contributed by atoms with Crippen LogP contribution in [-0.2, 0) is 6.42 Å². The molecule has 0 bridgehead atoms. The van der Waals surface area contributed by atoms with Crippen LogP contribution in [0.3, 0.4) is 0 Å². The van der Waals surface area contributed by atoms with Gasteiger partial charge in [0.2, 0.25) is 0 Å². The first-order valence-corrected chi connectivity index (χ1v) is 7.90. The third-order valence-electron chi connectivity index (χ3n) is 4.83. The summed E-state index contributed by atoms with van der Waals surface area (Å²) in [6, 6.07) is 10.5. The number of alkyl halides is 2. The molecule has 2 nitrogen and oxygen atoms in total. The Balaban J connectivity index is 2.05. The van der Waals surface area contributed by atoms with Crippen LogP contribution < -0.4 is 5.32 Å². The van der Waals surface area contributed by atoms with E-state index in [9.17, 15) is 8.78 Å². The number of nitrogens with one attached hydrogen (secondary N) is 1. The molecule has 1 aromatic carbocycles. The maximum Gasteiger partial charge on any atom is 0.251 e.